The standard InChI is InChI=1S/C14H21F3N4S.HI/c1-2-18-13(19-6-5-14(15,16)17)21-9-7-20(8-10-21)12-4-3-11-22-12;/h3-4,11H,2,5-10H2,1H3,(H,18,19);1H. The molecule has 1 aliphatic heterocycles. The SMILES string of the molecule is CCNC(=NCCC(F)(F)F)N1CCN(c2cccs2)CC1.I. The second-order valence-corrected chi connectivity index (χ2v) is 5.95. The number of alkyl halides is 3. The number of nitrogens with one attached hydrogen (secondary N) is 1. The van der Waals surface area contributed by atoms with Crippen molar-refractivity contribution >= 4 is 46.3 Å². The number of thiophene rings is 1. The summed E-state index contributed by atoms with van der Waals surface area (Å²) in [4.78, 5) is 8.43. The molecule has 0 bridgehead atoms. The zero-order chi connectivity index (χ0) is 16.0. The first kappa shape index (κ1) is 20.3. The Labute approximate surface area is 155 Å². The van der Waals surface area contributed by atoms with E-state index in [0.29, 0.717) is 12.5 Å². The third-order valence-corrected chi connectivity index (χ3v) is 4.32. The molecule has 0 aliphatic carbocycles. The molecule has 4 nitrogen and oxygen atoms in total. The zero-order valence-corrected chi connectivity index (χ0v) is 16.1. The number of aliphatic imine (C=N–C) groups is 1. The molecule has 1 N–H and O–H groups in total. The van der Waals surface area contributed by atoms with Crippen molar-refractivity contribution in [2.75, 3.05) is 44.2 Å². The molecule has 0 saturated carbocycles. The molecule has 1 fully saturated rings. The van der Waals surface area contributed by atoms with Gasteiger partial charge in [-0.2, -0.15) is 13.2 Å². The van der Waals surface area contributed by atoms with Crippen LogP contribution in [-0.4, -0.2) is 56.3 Å². The average Bonchev–Trinajstić information content (AvgIpc) is 2.99. The highest BCUT2D eigenvalue weighted by Crippen LogP contribution is 2.22. The number of hydrogen-bond donors (Lipinski definition) is 1. The smallest absolute Gasteiger partial charge is 0.360 e. The topological polar surface area (TPSA) is 30.9 Å². The third kappa shape index (κ3) is 6.74. The van der Waals surface area contributed by atoms with Gasteiger partial charge in [0.05, 0.1) is 18.0 Å². The van der Waals surface area contributed by atoms with E-state index in [1.165, 1.54) is 5.00 Å². The highest BCUT2D eigenvalue weighted by atomic mass is 127. The normalized spacial score (nSPS) is 16.3. The molecule has 132 valence electrons. The van der Waals surface area contributed by atoms with Crippen LogP contribution >= 0.6 is 35.3 Å². The van der Waals surface area contributed by atoms with Crippen LogP contribution in [0.4, 0.5) is 18.2 Å². The molecule has 2 rings (SSSR count). The fraction of sp³-hybridized carbons (Fsp3) is 0.643. The minimum atomic E-state index is -4.15. The summed E-state index contributed by atoms with van der Waals surface area (Å²) in [7, 11) is 0. The summed E-state index contributed by atoms with van der Waals surface area (Å²) in [5, 5.41) is 6.36. The number of halogens is 4. The lowest BCUT2D eigenvalue weighted by molar-refractivity contribution is -0.132. The largest absolute Gasteiger partial charge is 0.390 e. The summed E-state index contributed by atoms with van der Waals surface area (Å²) in [6.07, 6.45) is -5.03. The van der Waals surface area contributed by atoms with Gasteiger partial charge in [-0.1, -0.05) is 0 Å². The van der Waals surface area contributed by atoms with E-state index in [4.69, 9.17) is 0 Å². The summed E-state index contributed by atoms with van der Waals surface area (Å²) < 4.78 is 36.7. The molecule has 0 unspecified atom stereocenters. The number of rotatable bonds is 4. The first-order valence-corrected chi connectivity index (χ1v) is 8.26. The molecule has 1 aromatic heterocycles. The van der Waals surface area contributed by atoms with Crippen molar-refractivity contribution in [2.45, 2.75) is 19.5 Å². The van der Waals surface area contributed by atoms with E-state index in [-0.39, 0.29) is 30.5 Å². The Morgan fingerprint density at radius 3 is 2.52 bits per heavy atom. The van der Waals surface area contributed by atoms with E-state index >= 15 is 0 Å². The minimum Gasteiger partial charge on any atom is -0.360 e. The van der Waals surface area contributed by atoms with Crippen molar-refractivity contribution in [3.8, 4) is 0 Å². The Morgan fingerprint density at radius 2 is 2.00 bits per heavy atom. The molecule has 0 radical (unpaired) electrons. The van der Waals surface area contributed by atoms with Gasteiger partial charge < -0.3 is 15.1 Å². The van der Waals surface area contributed by atoms with E-state index in [1.807, 2.05) is 23.3 Å². The fourth-order valence-electron chi connectivity index (χ4n) is 2.30. The van der Waals surface area contributed by atoms with Crippen LogP contribution in [0.1, 0.15) is 13.3 Å². The van der Waals surface area contributed by atoms with Crippen molar-refractivity contribution in [1.82, 2.24) is 10.2 Å². The average molecular weight is 462 g/mol. The maximum atomic E-state index is 12.2. The molecule has 0 spiro atoms. The molecule has 1 aliphatic rings. The molecule has 0 aromatic carbocycles. The van der Waals surface area contributed by atoms with Crippen LogP contribution in [0.5, 0.6) is 0 Å². The monoisotopic (exact) mass is 462 g/mol. The van der Waals surface area contributed by atoms with Crippen molar-refractivity contribution in [3.05, 3.63) is 17.5 Å². The van der Waals surface area contributed by atoms with Crippen LogP contribution in [0.25, 0.3) is 0 Å². The van der Waals surface area contributed by atoms with Gasteiger partial charge in [0, 0.05) is 32.7 Å². The van der Waals surface area contributed by atoms with Gasteiger partial charge in [-0.15, -0.1) is 35.3 Å². The zero-order valence-electron chi connectivity index (χ0n) is 13.0. The van der Waals surface area contributed by atoms with Crippen LogP contribution in [0, 0.1) is 0 Å². The van der Waals surface area contributed by atoms with Crippen LogP contribution in [0.3, 0.4) is 0 Å². The van der Waals surface area contributed by atoms with E-state index in [2.05, 4.69) is 21.3 Å². The second kappa shape index (κ2) is 9.55. The van der Waals surface area contributed by atoms with Gasteiger partial charge in [0.1, 0.15) is 0 Å². The maximum Gasteiger partial charge on any atom is 0.390 e. The van der Waals surface area contributed by atoms with Crippen molar-refractivity contribution in [1.29, 1.82) is 0 Å². The molecular formula is C14H22F3IN4S. The molecule has 1 aromatic rings. The molecular weight excluding hydrogens is 440 g/mol. The Kier molecular flexibility index (Phi) is 8.45. The van der Waals surface area contributed by atoms with Gasteiger partial charge in [0.2, 0.25) is 0 Å². The highest BCUT2D eigenvalue weighted by Gasteiger charge is 2.26. The molecule has 0 amide bonds. The van der Waals surface area contributed by atoms with E-state index < -0.39 is 12.6 Å². The van der Waals surface area contributed by atoms with Crippen molar-refractivity contribution in [2.24, 2.45) is 4.99 Å². The minimum absolute atomic E-state index is 0. The summed E-state index contributed by atoms with van der Waals surface area (Å²) in [5.74, 6) is 0.581. The van der Waals surface area contributed by atoms with E-state index in [1.54, 1.807) is 11.3 Å². The molecule has 0 atom stereocenters. The van der Waals surface area contributed by atoms with Crippen LogP contribution in [0.2, 0.25) is 0 Å². The summed E-state index contributed by atoms with van der Waals surface area (Å²) in [6.45, 7) is 5.56. The summed E-state index contributed by atoms with van der Waals surface area (Å²) >= 11 is 1.70. The van der Waals surface area contributed by atoms with Gasteiger partial charge in [-0.25, -0.2) is 0 Å². The van der Waals surface area contributed by atoms with E-state index in [9.17, 15) is 13.2 Å². The van der Waals surface area contributed by atoms with Crippen molar-refractivity contribution < 1.29 is 13.2 Å². The third-order valence-electron chi connectivity index (χ3n) is 3.39. The summed E-state index contributed by atoms with van der Waals surface area (Å²) in [6, 6.07) is 4.11. The summed E-state index contributed by atoms with van der Waals surface area (Å²) in [5.41, 5.74) is 0. The van der Waals surface area contributed by atoms with Gasteiger partial charge in [-0.3, -0.25) is 4.99 Å². The first-order chi connectivity index (χ1) is 10.5. The van der Waals surface area contributed by atoms with Gasteiger partial charge >= 0.3 is 6.18 Å². The first-order valence-electron chi connectivity index (χ1n) is 7.38. The molecule has 1 saturated heterocycles. The number of guanidine groups is 1. The van der Waals surface area contributed by atoms with Crippen LogP contribution < -0.4 is 10.2 Å². The van der Waals surface area contributed by atoms with Gasteiger partial charge in [-0.05, 0) is 24.4 Å². The van der Waals surface area contributed by atoms with Crippen molar-refractivity contribution in [3.63, 3.8) is 0 Å². The Hall–Kier alpha value is -0.710. The van der Waals surface area contributed by atoms with E-state index in [0.717, 1.165) is 26.2 Å². The van der Waals surface area contributed by atoms with Crippen LogP contribution in [-0.2, 0) is 0 Å². The molecule has 23 heavy (non-hydrogen) atoms. The lowest BCUT2D eigenvalue weighted by atomic mass is 10.3. The Balaban J connectivity index is 0.00000264. The maximum absolute atomic E-state index is 12.2. The predicted molar refractivity (Wildman–Crippen MR) is 100 cm³/mol. The number of nitrogens with zero attached hydrogens (tertiary/aromatic N) is 3. The van der Waals surface area contributed by atoms with Crippen LogP contribution in [0.15, 0.2) is 22.5 Å². The molecule has 9 heteroatoms. The molecule has 2 heterocycles. The Morgan fingerprint density at radius 1 is 1.30 bits per heavy atom. The van der Waals surface area contributed by atoms with Gasteiger partial charge in [0.25, 0.3) is 0 Å². The Bertz CT molecular complexity index is 471. The van der Waals surface area contributed by atoms with Gasteiger partial charge in [0.15, 0.2) is 5.96 Å². The number of piperazine rings is 1. The quantitative estimate of drug-likeness (QED) is 0.423. The highest BCUT2D eigenvalue weighted by molar-refractivity contribution is 14.0. The predicted octanol–water partition coefficient (Wildman–Crippen LogP) is 3.41. The second-order valence-electron chi connectivity index (χ2n) is 5.03. The lowest BCUT2D eigenvalue weighted by Crippen LogP contribution is -2.52. The fourth-order valence-corrected chi connectivity index (χ4v) is 3.09. The lowest BCUT2D eigenvalue weighted by Gasteiger charge is -2.37. The number of anilines is 1. The number of hydrogen-bond acceptors (Lipinski definition) is 3.